The van der Waals surface area contributed by atoms with Gasteiger partial charge in [0.25, 0.3) is 0 Å². The molecule has 10 heteroatoms. The molecule has 6 rings (SSSR count). The highest BCUT2D eigenvalue weighted by molar-refractivity contribution is 9.12. The number of ketones is 2. The summed E-state index contributed by atoms with van der Waals surface area (Å²) >= 11 is 6.61. The number of phenols is 1. The topological polar surface area (TPSA) is 129 Å². The number of allylic oxidation sites excluding steroid dienone is 6. The zero-order chi connectivity index (χ0) is 27.7. The molecule has 8 nitrogen and oxygen atoms in total. The second-order valence-corrected chi connectivity index (χ2v) is 11.7. The van der Waals surface area contributed by atoms with Gasteiger partial charge in [-0.25, -0.2) is 4.79 Å². The van der Waals surface area contributed by atoms with Crippen LogP contribution in [0.1, 0.15) is 34.7 Å². The minimum absolute atomic E-state index is 0.0533. The Bertz CT molecular complexity index is 1640. The van der Waals surface area contributed by atoms with Gasteiger partial charge in [0.1, 0.15) is 5.75 Å². The standard InChI is InChI=1S/C29H19Br2NO7/c30-13-4-7-21(33)18(9-13)23-15-5-6-16-24(17(15)10-19-25(23)22(34)11-20(31)26(19)35)28(37)32(27(16)36)14-3-1-2-12(8-14)29(38)39/h1-5,7-9,11,16-17,23-24,33H,6,10H2,(H,38,39)/t16-,17+,23+,24-/m0/s1. The maximum absolute atomic E-state index is 13.9. The third kappa shape index (κ3) is 3.88. The molecule has 1 heterocycles. The van der Waals surface area contributed by atoms with E-state index in [0.717, 1.165) is 4.90 Å². The van der Waals surface area contributed by atoms with Crippen LogP contribution in [0.3, 0.4) is 0 Å². The van der Waals surface area contributed by atoms with Crippen LogP contribution in [0.25, 0.3) is 0 Å². The first-order chi connectivity index (χ1) is 18.6. The number of Topliss-reactive ketones (excluding diaryl/α,β-unsaturated/α-hetero) is 1. The third-order valence-corrected chi connectivity index (χ3v) is 9.07. The Morgan fingerprint density at radius 2 is 1.74 bits per heavy atom. The average Bonchev–Trinajstić information content (AvgIpc) is 3.17. The van der Waals surface area contributed by atoms with Gasteiger partial charge in [0.05, 0.1) is 27.6 Å². The number of carboxylic acid groups (broad SMARTS) is 1. The summed E-state index contributed by atoms with van der Waals surface area (Å²) in [7, 11) is 0. The van der Waals surface area contributed by atoms with E-state index in [0.29, 0.717) is 15.6 Å². The number of halogens is 2. The van der Waals surface area contributed by atoms with Crippen molar-refractivity contribution in [3.63, 3.8) is 0 Å². The Morgan fingerprint density at radius 3 is 2.49 bits per heavy atom. The van der Waals surface area contributed by atoms with E-state index in [1.54, 1.807) is 12.1 Å². The van der Waals surface area contributed by atoms with Crippen molar-refractivity contribution < 1.29 is 34.2 Å². The van der Waals surface area contributed by atoms with E-state index in [4.69, 9.17) is 0 Å². The van der Waals surface area contributed by atoms with Gasteiger partial charge in [-0.3, -0.25) is 24.1 Å². The largest absolute Gasteiger partial charge is 0.508 e. The predicted octanol–water partition coefficient (Wildman–Crippen LogP) is 4.82. The van der Waals surface area contributed by atoms with Crippen LogP contribution in [0.5, 0.6) is 5.75 Å². The molecule has 3 aliphatic carbocycles. The number of anilines is 1. The van der Waals surface area contributed by atoms with Gasteiger partial charge in [-0.05, 0) is 71.1 Å². The molecule has 1 saturated heterocycles. The van der Waals surface area contributed by atoms with Crippen LogP contribution >= 0.6 is 31.9 Å². The highest BCUT2D eigenvalue weighted by Crippen LogP contribution is 2.56. The Morgan fingerprint density at radius 1 is 0.974 bits per heavy atom. The van der Waals surface area contributed by atoms with Crippen molar-refractivity contribution in [3.05, 3.63) is 91.4 Å². The van der Waals surface area contributed by atoms with Gasteiger partial charge in [0, 0.05) is 33.2 Å². The van der Waals surface area contributed by atoms with Crippen molar-refractivity contribution in [3.8, 4) is 5.75 Å². The van der Waals surface area contributed by atoms with E-state index in [2.05, 4.69) is 31.9 Å². The molecule has 4 atom stereocenters. The summed E-state index contributed by atoms with van der Waals surface area (Å²) < 4.78 is 0.779. The molecule has 0 unspecified atom stereocenters. The maximum Gasteiger partial charge on any atom is 0.335 e. The third-order valence-electron chi connectivity index (χ3n) is 7.98. The quantitative estimate of drug-likeness (QED) is 0.276. The molecule has 2 aromatic carbocycles. The van der Waals surface area contributed by atoms with Crippen LogP contribution in [0, 0.1) is 17.8 Å². The molecule has 0 spiro atoms. The zero-order valence-electron chi connectivity index (χ0n) is 20.1. The predicted molar refractivity (Wildman–Crippen MR) is 146 cm³/mol. The fourth-order valence-corrected chi connectivity index (χ4v) is 7.18. The van der Waals surface area contributed by atoms with Crippen LogP contribution < -0.4 is 4.90 Å². The van der Waals surface area contributed by atoms with Gasteiger partial charge in [-0.1, -0.05) is 33.6 Å². The highest BCUT2D eigenvalue weighted by atomic mass is 79.9. The summed E-state index contributed by atoms with van der Waals surface area (Å²) in [6, 6.07) is 10.5. The molecule has 2 amide bonds. The fourth-order valence-electron chi connectivity index (χ4n) is 6.35. The number of phenolic OH excluding ortho intramolecular Hbond substituents is 1. The number of fused-ring (bicyclic) bond motifs is 3. The molecule has 0 aromatic heterocycles. The smallest absolute Gasteiger partial charge is 0.335 e. The van der Waals surface area contributed by atoms with Gasteiger partial charge < -0.3 is 10.2 Å². The molecule has 39 heavy (non-hydrogen) atoms. The van der Waals surface area contributed by atoms with Crippen LogP contribution in [-0.2, 0) is 19.2 Å². The second-order valence-electron chi connectivity index (χ2n) is 9.96. The molecule has 1 aliphatic heterocycles. The SMILES string of the molecule is O=C1C=C(Br)C(=O)C2=C1[C@@H](c1cc(Br)ccc1O)C1=CC[C@@H]3C(=O)N(c4cccc(C(=O)O)c4)C(=O)[C@@H]3[C@@H]1C2. The van der Waals surface area contributed by atoms with Gasteiger partial charge >= 0.3 is 5.97 Å². The van der Waals surface area contributed by atoms with Crippen LogP contribution in [0.15, 0.2) is 80.3 Å². The molecule has 4 aliphatic rings. The van der Waals surface area contributed by atoms with E-state index >= 15 is 0 Å². The molecule has 0 saturated carbocycles. The van der Waals surface area contributed by atoms with Gasteiger partial charge in [0.15, 0.2) is 11.6 Å². The molecular formula is C29H19Br2NO7. The van der Waals surface area contributed by atoms with Crippen molar-refractivity contribution in [1.29, 1.82) is 0 Å². The lowest BCUT2D eigenvalue weighted by atomic mass is 9.59. The number of aromatic hydroxyl groups is 1. The Kier molecular flexibility index (Phi) is 6.07. The average molecular weight is 653 g/mol. The number of aromatic carboxylic acids is 1. The first-order valence-corrected chi connectivity index (χ1v) is 13.8. The van der Waals surface area contributed by atoms with Gasteiger partial charge in [-0.2, -0.15) is 0 Å². The number of benzene rings is 2. The summed E-state index contributed by atoms with van der Waals surface area (Å²) in [4.78, 5) is 66.6. The molecule has 2 N–H and O–H groups in total. The van der Waals surface area contributed by atoms with Crippen molar-refractivity contribution in [1.82, 2.24) is 0 Å². The Balaban J connectivity index is 1.49. The molecule has 0 radical (unpaired) electrons. The summed E-state index contributed by atoms with van der Waals surface area (Å²) in [5.74, 6) is -5.76. The number of hydrogen-bond donors (Lipinski definition) is 2. The summed E-state index contributed by atoms with van der Waals surface area (Å²) in [5.41, 5.74) is 1.77. The van der Waals surface area contributed by atoms with Gasteiger partial charge in [-0.15, -0.1) is 0 Å². The lowest BCUT2D eigenvalue weighted by Crippen LogP contribution is -2.39. The monoisotopic (exact) mass is 651 g/mol. The number of carbonyl (C=O) groups excluding carboxylic acids is 4. The van der Waals surface area contributed by atoms with E-state index in [1.807, 2.05) is 6.08 Å². The van der Waals surface area contributed by atoms with E-state index in [9.17, 15) is 34.2 Å². The molecule has 1 fully saturated rings. The van der Waals surface area contributed by atoms with Crippen LogP contribution in [-0.4, -0.2) is 39.6 Å². The fraction of sp³-hybridized carbons (Fsp3) is 0.207. The second kappa shape index (κ2) is 9.24. The number of carboxylic acids is 1. The highest BCUT2D eigenvalue weighted by Gasteiger charge is 2.57. The van der Waals surface area contributed by atoms with Crippen molar-refractivity contribution in [2.45, 2.75) is 18.8 Å². The van der Waals surface area contributed by atoms with Crippen molar-refractivity contribution in [2.75, 3.05) is 4.90 Å². The lowest BCUT2D eigenvalue weighted by Gasteiger charge is -2.42. The summed E-state index contributed by atoms with van der Waals surface area (Å²) in [6.07, 6.45) is 3.40. The molecule has 196 valence electrons. The molecular weight excluding hydrogens is 634 g/mol. The van der Waals surface area contributed by atoms with Gasteiger partial charge in [0.2, 0.25) is 11.8 Å². The molecule has 0 bridgehead atoms. The molecule has 2 aromatic rings. The lowest BCUT2D eigenvalue weighted by molar-refractivity contribution is -0.123. The first-order valence-electron chi connectivity index (χ1n) is 12.2. The number of carbonyl (C=O) groups is 5. The minimum Gasteiger partial charge on any atom is -0.508 e. The van der Waals surface area contributed by atoms with Crippen LogP contribution in [0.2, 0.25) is 0 Å². The number of amides is 2. The number of hydrogen-bond acceptors (Lipinski definition) is 6. The van der Waals surface area contributed by atoms with Crippen molar-refractivity contribution in [2.24, 2.45) is 17.8 Å². The van der Waals surface area contributed by atoms with Crippen LogP contribution in [0.4, 0.5) is 5.69 Å². The first kappa shape index (κ1) is 25.6. The van der Waals surface area contributed by atoms with Crippen molar-refractivity contribution >= 4 is 66.9 Å². The van der Waals surface area contributed by atoms with E-state index in [-0.39, 0.29) is 57.0 Å². The minimum atomic E-state index is -1.18. The van der Waals surface area contributed by atoms with E-state index in [1.165, 1.54) is 36.4 Å². The number of rotatable bonds is 3. The Labute approximate surface area is 238 Å². The summed E-state index contributed by atoms with van der Waals surface area (Å²) in [5, 5.41) is 20.3. The number of imide groups is 1. The maximum atomic E-state index is 13.9. The summed E-state index contributed by atoms with van der Waals surface area (Å²) in [6.45, 7) is 0. The van der Waals surface area contributed by atoms with E-state index < -0.39 is 41.5 Å². The number of nitrogens with zero attached hydrogens (tertiary/aromatic N) is 1. The Hall–Kier alpha value is -3.63. The zero-order valence-corrected chi connectivity index (χ0v) is 23.2. The normalized spacial score (nSPS) is 26.2.